The Bertz CT molecular complexity index is 713. The zero-order valence-corrected chi connectivity index (χ0v) is 14.9. The molecule has 0 radical (unpaired) electrons. The number of carbonyl (C=O) groups excluding carboxylic acids is 1. The van der Waals surface area contributed by atoms with Crippen LogP contribution in [0.3, 0.4) is 0 Å². The highest BCUT2D eigenvalue weighted by atomic mass is 32.2. The minimum Gasteiger partial charge on any atom is -0.308 e. The van der Waals surface area contributed by atoms with Gasteiger partial charge in [0.15, 0.2) is 0 Å². The first kappa shape index (κ1) is 17.9. The van der Waals surface area contributed by atoms with E-state index >= 15 is 0 Å². The van der Waals surface area contributed by atoms with Crippen LogP contribution >= 0.6 is 0 Å². The third kappa shape index (κ3) is 3.91. The lowest BCUT2D eigenvalue weighted by molar-refractivity contribution is -0.118. The summed E-state index contributed by atoms with van der Waals surface area (Å²) in [7, 11) is -3.73. The fourth-order valence-corrected chi connectivity index (χ4v) is 3.25. The summed E-state index contributed by atoms with van der Waals surface area (Å²) in [5, 5.41) is 8.44. The van der Waals surface area contributed by atoms with Crippen LogP contribution in [0.25, 0.3) is 0 Å². The van der Waals surface area contributed by atoms with Crippen LogP contribution in [0.1, 0.15) is 39.7 Å². The Hall–Kier alpha value is -1.44. The van der Waals surface area contributed by atoms with Gasteiger partial charge in [0.2, 0.25) is 15.9 Å². The topological polar surface area (TPSA) is 92.5 Å². The molecule has 1 aliphatic rings. The summed E-state index contributed by atoms with van der Waals surface area (Å²) < 4.78 is 22.9. The van der Waals surface area contributed by atoms with Crippen molar-refractivity contribution in [2.75, 3.05) is 11.4 Å². The van der Waals surface area contributed by atoms with Gasteiger partial charge in [-0.3, -0.25) is 4.79 Å². The number of anilines is 1. The summed E-state index contributed by atoms with van der Waals surface area (Å²) in [6.07, 6.45) is 1.55. The smallest absolute Gasteiger partial charge is 0.241 e. The summed E-state index contributed by atoms with van der Waals surface area (Å²) in [5.74, 6) is -0.0128. The Morgan fingerprint density at radius 1 is 1.43 bits per heavy atom. The second-order valence-electron chi connectivity index (χ2n) is 6.74. The van der Waals surface area contributed by atoms with E-state index in [0.717, 1.165) is 17.7 Å². The molecule has 6 nitrogen and oxygen atoms in total. The molecule has 1 atom stereocenters. The van der Waals surface area contributed by atoms with Gasteiger partial charge in [-0.05, 0) is 57.4 Å². The maximum Gasteiger partial charge on any atom is 0.241 e. The number of rotatable bonds is 5. The third-order valence-corrected chi connectivity index (χ3v) is 5.38. The standard InChI is InChI=1S/C16H25N3O3S/c1-5-16(3,4)18-10-15(20)19-11(2)8-12-9-13(23(17,21)22)6-7-14(12)19/h6-7,9,11,18H,5,8,10H2,1-4H3,(H2,17,21,22). The van der Waals surface area contributed by atoms with Crippen LogP contribution in [-0.2, 0) is 21.2 Å². The summed E-state index contributed by atoms with van der Waals surface area (Å²) >= 11 is 0. The van der Waals surface area contributed by atoms with E-state index < -0.39 is 10.0 Å². The van der Waals surface area contributed by atoms with Crippen LogP contribution in [0, 0.1) is 0 Å². The van der Waals surface area contributed by atoms with Crippen LogP contribution in [-0.4, -0.2) is 32.5 Å². The maximum atomic E-state index is 12.6. The predicted molar refractivity (Wildman–Crippen MR) is 90.8 cm³/mol. The molecule has 1 aliphatic heterocycles. The molecule has 0 saturated carbocycles. The van der Waals surface area contributed by atoms with Gasteiger partial charge in [-0.2, -0.15) is 0 Å². The van der Waals surface area contributed by atoms with Gasteiger partial charge in [-0.15, -0.1) is 0 Å². The van der Waals surface area contributed by atoms with Gasteiger partial charge in [0.05, 0.1) is 11.4 Å². The molecule has 1 aromatic rings. The number of nitrogens with zero attached hydrogens (tertiary/aromatic N) is 1. The van der Waals surface area contributed by atoms with Crippen molar-refractivity contribution in [3.8, 4) is 0 Å². The van der Waals surface area contributed by atoms with Gasteiger partial charge in [0.25, 0.3) is 0 Å². The number of primary sulfonamides is 1. The van der Waals surface area contributed by atoms with E-state index in [1.807, 2.05) is 6.92 Å². The number of hydrogen-bond acceptors (Lipinski definition) is 4. The van der Waals surface area contributed by atoms with Crippen LogP contribution < -0.4 is 15.4 Å². The van der Waals surface area contributed by atoms with Gasteiger partial charge in [-0.1, -0.05) is 6.92 Å². The van der Waals surface area contributed by atoms with Gasteiger partial charge in [0.1, 0.15) is 0 Å². The fourth-order valence-electron chi connectivity index (χ4n) is 2.69. The van der Waals surface area contributed by atoms with Crippen LogP contribution in [0.15, 0.2) is 23.1 Å². The van der Waals surface area contributed by atoms with Crippen molar-refractivity contribution in [1.82, 2.24) is 5.32 Å². The van der Waals surface area contributed by atoms with Gasteiger partial charge < -0.3 is 10.2 Å². The molecule has 1 aromatic carbocycles. The molecule has 0 aromatic heterocycles. The lowest BCUT2D eigenvalue weighted by atomic mass is 10.0. The summed E-state index contributed by atoms with van der Waals surface area (Å²) in [4.78, 5) is 14.4. The number of hydrogen-bond donors (Lipinski definition) is 2. The molecule has 1 unspecified atom stereocenters. The van der Waals surface area contributed by atoms with Crippen molar-refractivity contribution in [3.05, 3.63) is 23.8 Å². The first-order valence-corrected chi connectivity index (χ1v) is 9.32. The molecule has 7 heteroatoms. The second-order valence-corrected chi connectivity index (χ2v) is 8.30. The van der Waals surface area contributed by atoms with Gasteiger partial charge in [-0.25, -0.2) is 13.6 Å². The summed E-state index contributed by atoms with van der Waals surface area (Å²) in [6.45, 7) is 8.39. The number of sulfonamides is 1. The maximum absolute atomic E-state index is 12.6. The Morgan fingerprint density at radius 2 is 2.09 bits per heavy atom. The average Bonchev–Trinajstić information content (AvgIpc) is 2.79. The normalized spacial score (nSPS) is 18.1. The zero-order valence-electron chi connectivity index (χ0n) is 14.1. The Morgan fingerprint density at radius 3 is 2.65 bits per heavy atom. The molecule has 0 spiro atoms. The SMILES string of the molecule is CCC(C)(C)NCC(=O)N1c2ccc(S(N)(=O)=O)cc2CC1C. The van der Waals surface area contributed by atoms with E-state index in [9.17, 15) is 13.2 Å². The highest BCUT2D eigenvalue weighted by molar-refractivity contribution is 7.89. The minimum absolute atomic E-state index is 0.000215. The number of fused-ring (bicyclic) bond motifs is 1. The molecule has 0 saturated heterocycles. The Labute approximate surface area is 138 Å². The molecule has 0 aliphatic carbocycles. The molecule has 128 valence electrons. The van der Waals surface area contributed by atoms with E-state index in [4.69, 9.17) is 5.14 Å². The number of carbonyl (C=O) groups is 1. The largest absolute Gasteiger partial charge is 0.308 e. The molecule has 3 N–H and O–H groups in total. The van der Waals surface area contributed by atoms with E-state index in [-0.39, 0.29) is 28.9 Å². The minimum atomic E-state index is -3.73. The highest BCUT2D eigenvalue weighted by Crippen LogP contribution is 2.33. The predicted octanol–water partition coefficient (Wildman–Crippen LogP) is 1.39. The Balaban J connectivity index is 2.22. The summed E-state index contributed by atoms with van der Waals surface area (Å²) in [5.41, 5.74) is 1.51. The lowest BCUT2D eigenvalue weighted by Gasteiger charge is -2.28. The highest BCUT2D eigenvalue weighted by Gasteiger charge is 2.32. The number of amides is 1. The van der Waals surface area contributed by atoms with Crippen LogP contribution in [0.4, 0.5) is 5.69 Å². The number of nitrogens with two attached hydrogens (primary N) is 1. The van der Waals surface area contributed by atoms with E-state index in [0.29, 0.717) is 6.42 Å². The van der Waals surface area contributed by atoms with Crippen molar-refractivity contribution >= 4 is 21.6 Å². The third-order valence-electron chi connectivity index (χ3n) is 4.47. The second kappa shape index (κ2) is 6.22. The van der Waals surface area contributed by atoms with Crippen molar-refractivity contribution in [2.45, 2.75) is 57.0 Å². The monoisotopic (exact) mass is 339 g/mol. The van der Waals surface area contributed by atoms with Gasteiger partial charge >= 0.3 is 0 Å². The van der Waals surface area contributed by atoms with Gasteiger partial charge in [0, 0.05) is 17.3 Å². The van der Waals surface area contributed by atoms with Crippen molar-refractivity contribution in [1.29, 1.82) is 0 Å². The first-order valence-electron chi connectivity index (χ1n) is 7.78. The Kier molecular flexibility index (Phi) is 4.84. The van der Waals surface area contributed by atoms with E-state index in [1.54, 1.807) is 17.0 Å². The fraction of sp³-hybridized carbons (Fsp3) is 0.562. The number of nitrogens with one attached hydrogen (secondary N) is 1. The van der Waals surface area contributed by atoms with E-state index in [1.165, 1.54) is 6.07 Å². The average molecular weight is 339 g/mol. The molecule has 1 heterocycles. The molecule has 2 rings (SSSR count). The molecular formula is C16H25N3O3S. The quantitative estimate of drug-likeness (QED) is 0.848. The molecule has 0 bridgehead atoms. The first-order chi connectivity index (χ1) is 10.5. The molecule has 1 amide bonds. The molecule has 0 fully saturated rings. The molecular weight excluding hydrogens is 314 g/mol. The zero-order chi connectivity index (χ0) is 17.4. The number of benzene rings is 1. The van der Waals surface area contributed by atoms with Crippen molar-refractivity contribution < 1.29 is 13.2 Å². The van der Waals surface area contributed by atoms with Crippen LogP contribution in [0.2, 0.25) is 0 Å². The van der Waals surface area contributed by atoms with Crippen molar-refractivity contribution in [2.24, 2.45) is 5.14 Å². The van der Waals surface area contributed by atoms with Crippen LogP contribution in [0.5, 0.6) is 0 Å². The summed E-state index contributed by atoms with van der Waals surface area (Å²) in [6, 6.07) is 4.69. The molecule has 23 heavy (non-hydrogen) atoms. The van der Waals surface area contributed by atoms with Crippen molar-refractivity contribution in [3.63, 3.8) is 0 Å². The van der Waals surface area contributed by atoms with E-state index in [2.05, 4.69) is 26.1 Å². The lowest BCUT2D eigenvalue weighted by Crippen LogP contribution is -2.47.